The smallest absolute Gasteiger partial charge is 0.271 e. The number of sulfone groups is 1. The number of ketones is 1. The lowest BCUT2D eigenvalue weighted by Gasteiger charge is -2.12. The number of carbonyl (C=O) groups is 1. The number of aliphatic imine (C=N–C) groups is 2. The van der Waals surface area contributed by atoms with Crippen molar-refractivity contribution in [2.75, 3.05) is 6.54 Å². The average molecular weight is 414 g/mol. The second-order valence-electron chi connectivity index (χ2n) is 5.89. The molecule has 28 heavy (non-hydrogen) atoms. The van der Waals surface area contributed by atoms with Gasteiger partial charge in [-0.3, -0.25) is 9.79 Å². The van der Waals surface area contributed by atoms with Gasteiger partial charge in [0.05, 0.1) is 17.0 Å². The predicted octanol–water partition coefficient (Wildman–Crippen LogP) is 3.18. The van der Waals surface area contributed by atoms with E-state index < -0.39 is 15.7 Å². The summed E-state index contributed by atoms with van der Waals surface area (Å²) >= 11 is 1.08. The minimum Gasteiger partial charge on any atom is -0.287 e. The number of thioether (sulfide) groups is 1. The summed E-state index contributed by atoms with van der Waals surface area (Å²) in [6.45, 7) is 0.454. The third kappa shape index (κ3) is 3.58. The van der Waals surface area contributed by atoms with Gasteiger partial charge < -0.3 is 0 Å². The number of hydrogen-bond donors (Lipinski definition) is 0. The summed E-state index contributed by atoms with van der Waals surface area (Å²) < 4.78 is 40.0. The van der Waals surface area contributed by atoms with Crippen molar-refractivity contribution in [1.29, 1.82) is 0 Å². The van der Waals surface area contributed by atoms with E-state index in [-0.39, 0.29) is 10.7 Å². The van der Waals surface area contributed by atoms with Crippen LogP contribution in [0.1, 0.15) is 10.4 Å². The van der Waals surface area contributed by atoms with Gasteiger partial charge in [0.1, 0.15) is 10.7 Å². The van der Waals surface area contributed by atoms with E-state index in [0.29, 0.717) is 27.9 Å². The van der Waals surface area contributed by atoms with Crippen LogP contribution in [0.25, 0.3) is 0 Å². The van der Waals surface area contributed by atoms with Gasteiger partial charge >= 0.3 is 0 Å². The van der Waals surface area contributed by atoms with Crippen LogP contribution in [0.5, 0.6) is 0 Å². The maximum atomic E-state index is 13.1. The summed E-state index contributed by atoms with van der Waals surface area (Å²) in [7, 11) is -3.88. The van der Waals surface area contributed by atoms with Gasteiger partial charge in [0, 0.05) is 12.3 Å². The first kappa shape index (κ1) is 18.5. The summed E-state index contributed by atoms with van der Waals surface area (Å²) in [4.78, 5) is 21.3. The first-order valence-electron chi connectivity index (χ1n) is 8.18. The lowest BCUT2D eigenvalue weighted by molar-refractivity contribution is -0.353. The van der Waals surface area contributed by atoms with Crippen molar-refractivity contribution in [2.45, 2.75) is 4.90 Å². The Balaban J connectivity index is 1.81. The molecule has 0 fully saturated rings. The van der Waals surface area contributed by atoms with Crippen LogP contribution < -0.4 is 0 Å². The highest BCUT2D eigenvalue weighted by atomic mass is 32.2. The molecule has 0 N–H and O–H groups in total. The lowest BCUT2D eigenvalue weighted by Crippen LogP contribution is -2.18. The molecule has 2 aromatic rings. The summed E-state index contributed by atoms with van der Waals surface area (Å²) in [5.41, 5.74) is 1.84. The topological polar surface area (TPSA) is 78.9 Å². The molecular formula is C19H13FN3O3S2+. The highest BCUT2D eigenvalue weighted by molar-refractivity contribution is 8.18. The summed E-state index contributed by atoms with van der Waals surface area (Å²) in [6, 6.07) is 11.3. The molecule has 0 spiro atoms. The molecule has 0 aromatic heterocycles. The molecule has 0 aliphatic carbocycles. The molecular weight excluding hydrogens is 401 g/mol. The van der Waals surface area contributed by atoms with Crippen LogP contribution in [0, 0.1) is 5.82 Å². The zero-order valence-corrected chi connectivity index (χ0v) is 16.0. The Kier molecular flexibility index (Phi) is 4.78. The first-order valence-corrected chi connectivity index (χ1v) is 10.5. The fraction of sp³-hybridized carbons (Fsp3) is 0.0526. The molecule has 0 radical (unpaired) electrons. The van der Waals surface area contributed by atoms with E-state index in [1.54, 1.807) is 30.5 Å². The fourth-order valence-corrected chi connectivity index (χ4v) is 4.65. The molecule has 6 nitrogen and oxygen atoms in total. The van der Waals surface area contributed by atoms with Crippen molar-refractivity contribution < 1.29 is 22.2 Å². The second-order valence-corrected chi connectivity index (χ2v) is 8.67. The minimum atomic E-state index is -3.88. The van der Waals surface area contributed by atoms with Crippen LogP contribution in [0.15, 0.2) is 74.5 Å². The highest BCUT2D eigenvalue weighted by Crippen LogP contribution is 2.33. The number of para-hydroxylation sites is 1. The van der Waals surface area contributed by atoms with Crippen LogP contribution in [-0.2, 0) is 9.84 Å². The molecule has 0 saturated heterocycles. The van der Waals surface area contributed by atoms with E-state index in [9.17, 15) is 17.6 Å². The van der Waals surface area contributed by atoms with Crippen LogP contribution >= 0.6 is 11.8 Å². The minimum absolute atomic E-state index is 0.0457. The SMILES string of the molecule is O=C1C(SC2=NCC=N2)=C[N+](=CS(=O)(=O)c2ccc(F)cc2)c2ccccc21. The van der Waals surface area contributed by atoms with E-state index in [0.717, 1.165) is 29.4 Å². The number of Topliss-reactive ketones (excluding diaryl/α,β-unsaturated/α-hetero) is 1. The second kappa shape index (κ2) is 7.25. The number of halogens is 1. The summed E-state index contributed by atoms with van der Waals surface area (Å²) in [5.74, 6) is -0.751. The molecule has 140 valence electrons. The Labute approximate surface area is 164 Å². The third-order valence-corrected chi connectivity index (χ3v) is 6.37. The van der Waals surface area contributed by atoms with Gasteiger partial charge in [0.2, 0.25) is 11.5 Å². The van der Waals surface area contributed by atoms with E-state index >= 15 is 0 Å². The molecule has 9 heteroatoms. The Hall–Kier alpha value is -2.91. The number of fused-ring (bicyclic) bond motifs is 1. The number of amidine groups is 1. The van der Waals surface area contributed by atoms with Crippen molar-refractivity contribution in [3.05, 3.63) is 71.0 Å². The fourth-order valence-electron chi connectivity index (χ4n) is 2.71. The number of allylic oxidation sites excluding steroid dienone is 1. The zero-order chi connectivity index (χ0) is 19.7. The molecule has 2 aliphatic rings. The van der Waals surface area contributed by atoms with Crippen LogP contribution in [0.4, 0.5) is 10.1 Å². The Morgan fingerprint density at radius 2 is 1.86 bits per heavy atom. The van der Waals surface area contributed by atoms with Crippen molar-refractivity contribution in [3.8, 4) is 0 Å². The van der Waals surface area contributed by atoms with Crippen molar-refractivity contribution >= 4 is 50.0 Å². The predicted molar refractivity (Wildman–Crippen MR) is 107 cm³/mol. The maximum Gasteiger partial charge on any atom is 0.271 e. The maximum absolute atomic E-state index is 13.1. The summed E-state index contributed by atoms with van der Waals surface area (Å²) in [6.07, 6.45) is 3.08. The zero-order valence-electron chi connectivity index (χ0n) is 14.3. The van der Waals surface area contributed by atoms with Crippen molar-refractivity contribution in [2.24, 2.45) is 9.98 Å². The van der Waals surface area contributed by atoms with Gasteiger partial charge in [-0.05, 0) is 42.1 Å². The average Bonchev–Trinajstić information content (AvgIpc) is 3.19. The number of carbonyl (C=O) groups excluding carboxylic acids is 1. The monoisotopic (exact) mass is 414 g/mol. The summed E-state index contributed by atoms with van der Waals surface area (Å²) in [5, 5.41) is 0.445. The Bertz CT molecular complexity index is 1200. The quantitative estimate of drug-likeness (QED) is 0.439. The Morgan fingerprint density at radius 3 is 2.57 bits per heavy atom. The molecule has 2 heterocycles. The standard InChI is InChI=1S/C19H13FN3O3S2/c20-13-5-7-14(8-6-13)28(25,26)12-23-11-17(27-19-21-9-10-22-19)18(24)15-3-1-2-4-16(15)23/h1-9,11-12H,10H2/q+1. The van der Waals surface area contributed by atoms with Gasteiger partial charge in [-0.15, -0.1) is 0 Å². The molecule has 0 unspecified atom stereocenters. The van der Waals surface area contributed by atoms with Crippen LogP contribution in [-0.4, -0.2) is 42.3 Å². The number of hydrogen-bond acceptors (Lipinski definition) is 6. The molecule has 2 aromatic carbocycles. The first-order chi connectivity index (χ1) is 13.4. The van der Waals surface area contributed by atoms with E-state index in [2.05, 4.69) is 9.98 Å². The van der Waals surface area contributed by atoms with Gasteiger partial charge in [-0.1, -0.05) is 12.1 Å². The van der Waals surface area contributed by atoms with Gasteiger partial charge in [-0.2, -0.15) is 4.58 Å². The largest absolute Gasteiger partial charge is 0.287 e. The van der Waals surface area contributed by atoms with Gasteiger partial charge in [0.25, 0.3) is 15.4 Å². The molecule has 4 rings (SSSR count). The Morgan fingerprint density at radius 1 is 1.11 bits per heavy atom. The highest BCUT2D eigenvalue weighted by Gasteiger charge is 2.32. The number of benzene rings is 2. The molecule has 2 aliphatic heterocycles. The number of rotatable bonds is 3. The molecule has 0 saturated carbocycles. The normalized spacial score (nSPS) is 17.5. The van der Waals surface area contributed by atoms with Crippen molar-refractivity contribution in [3.63, 3.8) is 0 Å². The number of nitrogens with zero attached hydrogens (tertiary/aromatic N) is 3. The van der Waals surface area contributed by atoms with Crippen molar-refractivity contribution in [1.82, 2.24) is 0 Å². The van der Waals surface area contributed by atoms with E-state index in [1.165, 1.54) is 22.9 Å². The molecule has 0 atom stereocenters. The van der Waals surface area contributed by atoms with Gasteiger partial charge in [0.15, 0.2) is 11.4 Å². The molecule has 0 bridgehead atoms. The molecule has 0 amide bonds. The van der Waals surface area contributed by atoms with E-state index in [4.69, 9.17) is 0 Å². The van der Waals surface area contributed by atoms with Crippen LogP contribution in [0.3, 0.4) is 0 Å². The van der Waals surface area contributed by atoms with Gasteiger partial charge in [-0.25, -0.2) is 17.8 Å². The van der Waals surface area contributed by atoms with E-state index in [1.807, 2.05) is 0 Å². The lowest BCUT2D eigenvalue weighted by atomic mass is 10.1. The van der Waals surface area contributed by atoms with Crippen LogP contribution in [0.2, 0.25) is 0 Å². The third-order valence-electron chi connectivity index (χ3n) is 4.01.